The van der Waals surface area contributed by atoms with Crippen molar-refractivity contribution in [2.75, 3.05) is 0 Å². The van der Waals surface area contributed by atoms with E-state index in [-0.39, 0.29) is 0 Å². The lowest BCUT2D eigenvalue weighted by molar-refractivity contribution is 0.0692. The van der Waals surface area contributed by atoms with E-state index in [2.05, 4.69) is 48.6 Å². The Morgan fingerprint density at radius 2 is 1.37 bits per heavy atom. The fraction of sp³-hybridized carbons (Fsp3) is 0.0345. The summed E-state index contributed by atoms with van der Waals surface area (Å²) in [6.45, 7) is 0.634. The van der Waals surface area contributed by atoms with Gasteiger partial charge in [0.1, 0.15) is 11.6 Å². The lowest BCUT2D eigenvalue weighted by Gasteiger charge is -2.13. The Morgan fingerprint density at radius 3 is 2.09 bits per heavy atom. The molecule has 0 aliphatic carbocycles. The van der Waals surface area contributed by atoms with Crippen molar-refractivity contribution >= 4 is 60.7 Å². The van der Waals surface area contributed by atoms with Gasteiger partial charge in [-0.1, -0.05) is 88.7 Å². The van der Waals surface area contributed by atoms with Crippen molar-refractivity contribution in [1.29, 1.82) is 0 Å². The van der Waals surface area contributed by atoms with E-state index in [1.807, 2.05) is 91.0 Å². The maximum Gasteiger partial charge on any atom is 0.344 e. The third-order valence-corrected chi connectivity index (χ3v) is 6.95. The molecule has 35 heavy (non-hydrogen) atoms. The molecule has 0 radical (unpaired) electrons. The molecule has 0 aliphatic rings. The zero-order chi connectivity index (χ0) is 24.2. The summed E-state index contributed by atoms with van der Waals surface area (Å²) in [7, 11) is 0. The fourth-order valence-electron chi connectivity index (χ4n) is 3.86. The number of hydrogen-bond donors (Lipinski definition) is 0. The van der Waals surface area contributed by atoms with Crippen molar-refractivity contribution in [3.8, 4) is 0 Å². The summed E-state index contributed by atoms with van der Waals surface area (Å²) in [6.07, 6.45) is 1.83. The average Bonchev–Trinajstić information content (AvgIpc) is 3.21. The van der Waals surface area contributed by atoms with Gasteiger partial charge in [-0.05, 0) is 51.8 Å². The standard InChI is InChI=1S/C29H20Br2N2O2/c30-23-14-6-4-12-21(23)27(35-29(34)22-13-5-7-15-24(22)31)18-28-32-25-16-8-9-17-26(25)33(28)19-20-10-2-1-3-11-20/h1-18H,19H2. The molecule has 0 saturated carbocycles. The SMILES string of the molecule is O=C(OC(=Cc1nc2ccccc2n1Cc1ccccc1)c1ccccc1Br)c1ccccc1Br. The van der Waals surface area contributed by atoms with Crippen molar-refractivity contribution in [1.82, 2.24) is 9.55 Å². The molecule has 0 unspecified atom stereocenters. The summed E-state index contributed by atoms with van der Waals surface area (Å²) in [4.78, 5) is 18.0. The van der Waals surface area contributed by atoms with Crippen LogP contribution in [-0.2, 0) is 11.3 Å². The number of fused-ring (bicyclic) bond motifs is 1. The minimum absolute atomic E-state index is 0.405. The number of carbonyl (C=O) groups is 1. The van der Waals surface area contributed by atoms with Crippen LogP contribution in [0.1, 0.15) is 27.3 Å². The smallest absolute Gasteiger partial charge is 0.344 e. The molecule has 6 heteroatoms. The molecule has 0 spiro atoms. The summed E-state index contributed by atoms with van der Waals surface area (Å²) >= 11 is 7.06. The number of rotatable bonds is 6. The Bertz CT molecular complexity index is 1540. The van der Waals surface area contributed by atoms with Crippen LogP contribution in [0.25, 0.3) is 22.9 Å². The number of hydrogen-bond acceptors (Lipinski definition) is 3. The van der Waals surface area contributed by atoms with E-state index >= 15 is 0 Å². The molecular formula is C29H20Br2N2O2. The largest absolute Gasteiger partial charge is 0.422 e. The minimum Gasteiger partial charge on any atom is -0.422 e. The molecular weight excluding hydrogens is 568 g/mol. The number of imidazole rings is 1. The van der Waals surface area contributed by atoms with Crippen LogP contribution in [-0.4, -0.2) is 15.5 Å². The summed E-state index contributed by atoms with van der Waals surface area (Å²) in [5.41, 5.74) is 4.23. The van der Waals surface area contributed by atoms with Gasteiger partial charge in [0.05, 0.1) is 16.6 Å². The van der Waals surface area contributed by atoms with Crippen molar-refractivity contribution in [3.63, 3.8) is 0 Å². The first-order valence-electron chi connectivity index (χ1n) is 11.0. The first-order chi connectivity index (χ1) is 17.1. The second-order valence-electron chi connectivity index (χ2n) is 7.89. The summed E-state index contributed by atoms with van der Waals surface area (Å²) in [6, 6.07) is 33.1. The lowest BCUT2D eigenvalue weighted by Crippen LogP contribution is -2.07. The van der Waals surface area contributed by atoms with Crippen LogP contribution < -0.4 is 0 Å². The van der Waals surface area contributed by atoms with Crippen LogP contribution in [0.5, 0.6) is 0 Å². The summed E-state index contributed by atoms with van der Waals surface area (Å²) < 4.78 is 9.62. The van der Waals surface area contributed by atoms with Gasteiger partial charge in [-0.25, -0.2) is 9.78 Å². The molecule has 5 rings (SSSR count). The summed E-state index contributed by atoms with van der Waals surface area (Å²) in [5.74, 6) is 0.647. The van der Waals surface area contributed by atoms with Gasteiger partial charge in [-0.2, -0.15) is 0 Å². The maximum absolute atomic E-state index is 13.2. The van der Waals surface area contributed by atoms with Gasteiger partial charge >= 0.3 is 5.97 Å². The minimum atomic E-state index is -0.454. The van der Waals surface area contributed by atoms with E-state index in [0.717, 1.165) is 26.6 Å². The number of aromatic nitrogens is 2. The van der Waals surface area contributed by atoms with Crippen molar-refractivity contribution in [2.24, 2.45) is 0 Å². The van der Waals surface area contributed by atoms with E-state index in [4.69, 9.17) is 9.72 Å². The van der Waals surface area contributed by atoms with Crippen molar-refractivity contribution in [3.05, 3.63) is 135 Å². The first kappa shape index (κ1) is 23.3. The Morgan fingerprint density at radius 1 is 0.771 bits per heavy atom. The molecule has 4 nitrogen and oxygen atoms in total. The van der Waals surface area contributed by atoms with Gasteiger partial charge < -0.3 is 9.30 Å². The molecule has 0 N–H and O–H groups in total. The number of para-hydroxylation sites is 2. The van der Waals surface area contributed by atoms with Gasteiger partial charge in [-0.3, -0.25) is 0 Å². The Kier molecular flexibility index (Phi) is 6.93. The number of halogens is 2. The zero-order valence-electron chi connectivity index (χ0n) is 18.6. The van der Waals surface area contributed by atoms with Crippen LogP contribution in [0.4, 0.5) is 0 Å². The molecule has 0 atom stereocenters. The molecule has 5 aromatic rings. The topological polar surface area (TPSA) is 44.1 Å². The van der Waals surface area contributed by atoms with Gasteiger partial charge in [-0.15, -0.1) is 0 Å². The van der Waals surface area contributed by atoms with Gasteiger partial charge in [0.2, 0.25) is 0 Å². The van der Waals surface area contributed by atoms with Crippen LogP contribution in [0.15, 0.2) is 112 Å². The van der Waals surface area contributed by atoms with Crippen LogP contribution in [0.3, 0.4) is 0 Å². The number of nitrogens with zero attached hydrogens (tertiary/aromatic N) is 2. The molecule has 0 bridgehead atoms. The van der Waals surface area contributed by atoms with E-state index in [1.165, 1.54) is 0 Å². The Hall–Kier alpha value is -3.48. The summed E-state index contributed by atoms with van der Waals surface area (Å²) in [5, 5.41) is 0. The molecule has 0 aliphatic heterocycles. The molecule has 1 heterocycles. The number of benzene rings is 4. The predicted octanol–water partition coefficient (Wildman–Crippen LogP) is 7.96. The average molecular weight is 588 g/mol. The highest BCUT2D eigenvalue weighted by molar-refractivity contribution is 9.10. The van der Waals surface area contributed by atoms with Gasteiger partial charge in [0.15, 0.2) is 0 Å². The van der Waals surface area contributed by atoms with E-state index in [0.29, 0.717) is 28.2 Å². The third-order valence-electron chi connectivity index (χ3n) is 5.56. The third kappa shape index (κ3) is 5.14. The molecule has 4 aromatic carbocycles. The first-order valence-corrected chi connectivity index (χ1v) is 12.6. The van der Waals surface area contributed by atoms with Crippen molar-refractivity contribution < 1.29 is 9.53 Å². The van der Waals surface area contributed by atoms with Gasteiger partial charge in [0, 0.05) is 27.1 Å². The zero-order valence-corrected chi connectivity index (χ0v) is 21.7. The highest BCUT2D eigenvalue weighted by Gasteiger charge is 2.18. The fourth-order valence-corrected chi connectivity index (χ4v) is 4.79. The van der Waals surface area contributed by atoms with E-state index in [1.54, 1.807) is 6.07 Å². The Labute approximate surface area is 220 Å². The van der Waals surface area contributed by atoms with Gasteiger partial charge in [0.25, 0.3) is 0 Å². The molecule has 0 fully saturated rings. The highest BCUT2D eigenvalue weighted by Crippen LogP contribution is 2.30. The maximum atomic E-state index is 13.2. The normalized spacial score (nSPS) is 11.5. The number of carbonyl (C=O) groups excluding carboxylic acids is 1. The van der Waals surface area contributed by atoms with Crippen LogP contribution in [0.2, 0.25) is 0 Å². The monoisotopic (exact) mass is 586 g/mol. The molecule has 0 amide bonds. The predicted molar refractivity (Wildman–Crippen MR) is 147 cm³/mol. The Balaban J connectivity index is 1.64. The second-order valence-corrected chi connectivity index (χ2v) is 9.60. The number of esters is 1. The van der Waals surface area contributed by atoms with E-state index < -0.39 is 5.97 Å². The number of ether oxygens (including phenoxy) is 1. The highest BCUT2D eigenvalue weighted by atomic mass is 79.9. The lowest BCUT2D eigenvalue weighted by atomic mass is 10.1. The quantitative estimate of drug-likeness (QED) is 0.149. The molecule has 1 aromatic heterocycles. The molecule has 172 valence electrons. The van der Waals surface area contributed by atoms with Crippen LogP contribution in [0, 0.1) is 0 Å². The second kappa shape index (κ2) is 10.4. The van der Waals surface area contributed by atoms with Crippen molar-refractivity contribution in [2.45, 2.75) is 6.54 Å². The molecule has 0 saturated heterocycles. The van der Waals surface area contributed by atoms with E-state index in [9.17, 15) is 4.79 Å². The van der Waals surface area contributed by atoms with Crippen LogP contribution >= 0.6 is 31.9 Å².